The van der Waals surface area contributed by atoms with Crippen molar-refractivity contribution in [3.63, 3.8) is 0 Å². The highest BCUT2D eigenvalue weighted by Gasteiger charge is 2.19. The molecule has 0 fully saturated rings. The minimum absolute atomic E-state index is 0.210. The minimum atomic E-state index is -0.540. The van der Waals surface area contributed by atoms with Crippen molar-refractivity contribution in [3.05, 3.63) is 24.3 Å². The van der Waals surface area contributed by atoms with E-state index < -0.39 is 6.10 Å². The van der Waals surface area contributed by atoms with Crippen molar-refractivity contribution in [2.75, 3.05) is 24.8 Å². The number of methoxy groups -OCH3 is 1. The van der Waals surface area contributed by atoms with Gasteiger partial charge in [0.15, 0.2) is 0 Å². The summed E-state index contributed by atoms with van der Waals surface area (Å²) in [6.07, 6.45) is 0.177. The Morgan fingerprint density at radius 1 is 1.40 bits per heavy atom. The second kappa shape index (κ2) is 7.26. The second-order valence-corrected chi connectivity index (χ2v) is 5.30. The first-order valence-electron chi connectivity index (χ1n) is 6.68. The maximum Gasteiger partial charge on any atom is 0.253 e. The van der Waals surface area contributed by atoms with E-state index in [1.54, 1.807) is 26.2 Å². The summed E-state index contributed by atoms with van der Waals surface area (Å²) in [5, 5.41) is 2.75. The van der Waals surface area contributed by atoms with Gasteiger partial charge in [-0.2, -0.15) is 0 Å². The van der Waals surface area contributed by atoms with E-state index >= 15 is 0 Å². The largest absolute Gasteiger partial charge is 0.397 e. The van der Waals surface area contributed by atoms with Gasteiger partial charge >= 0.3 is 0 Å². The highest BCUT2D eigenvalue weighted by atomic mass is 16.5. The summed E-state index contributed by atoms with van der Waals surface area (Å²) in [6.45, 7) is 6.13. The first kappa shape index (κ1) is 16.5. The molecule has 0 aliphatic heterocycles. The van der Waals surface area contributed by atoms with Gasteiger partial charge in [-0.25, -0.2) is 0 Å². The van der Waals surface area contributed by atoms with E-state index in [9.17, 15) is 4.79 Å². The van der Waals surface area contributed by atoms with Gasteiger partial charge in [-0.05, 0) is 39.3 Å². The predicted molar refractivity (Wildman–Crippen MR) is 80.6 cm³/mol. The van der Waals surface area contributed by atoms with Gasteiger partial charge in [-0.15, -0.1) is 0 Å². The normalized spacial score (nSPS) is 13.0. The zero-order chi connectivity index (χ0) is 15.2. The van der Waals surface area contributed by atoms with Gasteiger partial charge in [0.25, 0.3) is 5.91 Å². The molecule has 1 aromatic rings. The van der Waals surface area contributed by atoms with Crippen molar-refractivity contribution in [1.82, 2.24) is 0 Å². The first-order chi connectivity index (χ1) is 9.35. The van der Waals surface area contributed by atoms with Crippen LogP contribution in [0.5, 0.6) is 0 Å². The zero-order valence-corrected chi connectivity index (χ0v) is 12.6. The number of rotatable bonds is 7. The monoisotopic (exact) mass is 280 g/mol. The SMILES string of the molecule is COC(C)(C)CCOC(C)C(=O)Nc1ccccc1N. The van der Waals surface area contributed by atoms with E-state index in [2.05, 4.69) is 5.32 Å². The van der Waals surface area contributed by atoms with E-state index in [1.165, 1.54) is 0 Å². The number of nitrogens with one attached hydrogen (secondary N) is 1. The number of anilines is 2. The highest BCUT2D eigenvalue weighted by molar-refractivity contribution is 5.96. The lowest BCUT2D eigenvalue weighted by atomic mass is 10.1. The summed E-state index contributed by atoms with van der Waals surface area (Å²) >= 11 is 0. The summed E-state index contributed by atoms with van der Waals surface area (Å²) in [5.41, 5.74) is 6.66. The van der Waals surface area contributed by atoms with Crippen LogP contribution in [0.15, 0.2) is 24.3 Å². The minimum Gasteiger partial charge on any atom is -0.397 e. The van der Waals surface area contributed by atoms with Crippen molar-refractivity contribution >= 4 is 17.3 Å². The molecule has 1 unspecified atom stereocenters. The van der Waals surface area contributed by atoms with E-state index in [0.29, 0.717) is 24.4 Å². The average molecular weight is 280 g/mol. The Morgan fingerprint density at radius 3 is 2.65 bits per heavy atom. The number of carbonyl (C=O) groups is 1. The molecule has 0 heterocycles. The van der Waals surface area contributed by atoms with Crippen LogP contribution in [0.3, 0.4) is 0 Å². The molecule has 0 radical (unpaired) electrons. The zero-order valence-electron chi connectivity index (χ0n) is 12.6. The van der Waals surface area contributed by atoms with Gasteiger partial charge < -0.3 is 20.5 Å². The number of benzene rings is 1. The fourth-order valence-corrected chi connectivity index (χ4v) is 1.50. The Kier molecular flexibility index (Phi) is 5.98. The fourth-order valence-electron chi connectivity index (χ4n) is 1.50. The van der Waals surface area contributed by atoms with E-state index in [1.807, 2.05) is 26.0 Å². The molecule has 1 rings (SSSR count). The van der Waals surface area contributed by atoms with Crippen LogP contribution in [0.1, 0.15) is 27.2 Å². The molecule has 20 heavy (non-hydrogen) atoms. The third kappa shape index (κ3) is 5.19. The standard InChI is InChI=1S/C15H24N2O3/c1-11(20-10-9-15(2,3)19-4)14(18)17-13-8-6-5-7-12(13)16/h5-8,11H,9-10,16H2,1-4H3,(H,17,18). The quantitative estimate of drug-likeness (QED) is 0.752. The third-order valence-corrected chi connectivity index (χ3v) is 3.21. The molecule has 0 spiro atoms. The van der Waals surface area contributed by atoms with Crippen molar-refractivity contribution in [2.45, 2.75) is 38.9 Å². The number of ether oxygens (including phenoxy) is 2. The van der Waals surface area contributed by atoms with Crippen LogP contribution in [0.25, 0.3) is 0 Å². The lowest BCUT2D eigenvalue weighted by molar-refractivity contribution is -0.127. The molecule has 0 bridgehead atoms. The molecule has 1 atom stereocenters. The number of hydrogen-bond acceptors (Lipinski definition) is 4. The van der Waals surface area contributed by atoms with E-state index in [4.69, 9.17) is 15.2 Å². The molecule has 1 amide bonds. The predicted octanol–water partition coefficient (Wildman–Crippen LogP) is 2.43. The lowest BCUT2D eigenvalue weighted by Gasteiger charge is -2.23. The van der Waals surface area contributed by atoms with Gasteiger partial charge in [-0.1, -0.05) is 12.1 Å². The van der Waals surface area contributed by atoms with Crippen molar-refractivity contribution < 1.29 is 14.3 Å². The van der Waals surface area contributed by atoms with Crippen molar-refractivity contribution in [3.8, 4) is 0 Å². The second-order valence-electron chi connectivity index (χ2n) is 5.30. The average Bonchev–Trinajstić information content (AvgIpc) is 2.41. The number of para-hydroxylation sites is 2. The smallest absolute Gasteiger partial charge is 0.253 e. The topological polar surface area (TPSA) is 73.6 Å². The number of nitrogens with two attached hydrogens (primary N) is 1. The van der Waals surface area contributed by atoms with Crippen LogP contribution < -0.4 is 11.1 Å². The molecule has 0 saturated carbocycles. The van der Waals surface area contributed by atoms with Gasteiger partial charge in [0.2, 0.25) is 0 Å². The molecule has 1 aromatic carbocycles. The maximum absolute atomic E-state index is 12.0. The molecule has 5 nitrogen and oxygen atoms in total. The lowest BCUT2D eigenvalue weighted by Crippen LogP contribution is -2.31. The van der Waals surface area contributed by atoms with Crippen molar-refractivity contribution in [2.24, 2.45) is 0 Å². The number of carbonyl (C=O) groups excluding carboxylic acids is 1. The van der Waals surface area contributed by atoms with Crippen LogP contribution in [-0.4, -0.2) is 31.3 Å². The molecule has 0 saturated heterocycles. The number of amides is 1. The van der Waals surface area contributed by atoms with Crippen LogP contribution >= 0.6 is 0 Å². The summed E-state index contributed by atoms with van der Waals surface area (Å²) in [6, 6.07) is 7.13. The summed E-state index contributed by atoms with van der Waals surface area (Å²) in [7, 11) is 1.66. The molecule has 0 aliphatic rings. The van der Waals surface area contributed by atoms with Gasteiger partial charge in [-0.3, -0.25) is 4.79 Å². The third-order valence-electron chi connectivity index (χ3n) is 3.21. The molecule has 3 N–H and O–H groups in total. The van der Waals surface area contributed by atoms with Crippen LogP contribution in [0.2, 0.25) is 0 Å². The molecule has 0 aromatic heterocycles. The summed E-state index contributed by atoms with van der Waals surface area (Å²) in [4.78, 5) is 12.0. The molecule has 112 valence electrons. The molecule has 0 aliphatic carbocycles. The summed E-state index contributed by atoms with van der Waals surface area (Å²) in [5.74, 6) is -0.210. The van der Waals surface area contributed by atoms with E-state index in [-0.39, 0.29) is 11.5 Å². The fraction of sp³-hybridized carbons (Fsp3) is 0.533. The molecular weight excluding hydrogens is 256 g/mol. The highest BCUT2D eigenvalue weighted by Crippen LogP contribution is 2.17. The first-order valence-corrected chi connectivity index (χ1v) is 6.68. The Morgan fingerprint density at radius 2 is 2.05 bits per heavy atom. The van der Waals surface area contributed by atoms with Crippen LogP contribution in [0.4, 0.5) is 11.4 Å². The van der Waals surface area contributed by atoms with Crippen LogP contribution in [0, 0.1) is 0 Å². The van der Waals surface area contributed by atoms with Gasteiger partial charge in [0.05, 0.1) is 23.6 Å². The van der Waals surface area contributed by atoms with E-state index in [0.717, 1.165) is 0 Å². The Bertz CT molecular complexity index is 446. The van der Waals surface area contributed by atoms with Gasteiger partial charge in [0, 0.05) is 7.11 Å². The summed E-state index contributed by atoms with van der Waals surface area (Å²) < 4.78 is 10.8. The number of nitrogen functional groups attached to an aromatic ring is 1. The Balaban J connectivity index is 2.42. The molecular formula is C15H24N2O3. The van der Waals surface area contributed by atoms with Crippen LogP contribution in [-0.2, 0) is 14.3 Å². The van der Waals surface area contributed by atoms with Gasteiger partial charge in [0.1, 0.15) is 6.10 Å². The Hall–Kier alpha value is -1.59. The Labute approximate surface area is 120 Å². The van der Waals surface area contributed by atoms with Crippen molar-refractivity contribution in [1.29, 1.82) is 0 Å². The molecule has 5 heteroatoms. The maximum atomic E-state index is 12.0. The number of hydrogen-bond donors (Lipinski definition) is 2.